The van der Waals surface area contributed by atoms with Gasteiger partial charge < -0.3 is 10.4 Å². The third-order valence-corrected chi connectivity index (χ3v) is 7.29. The fourth-order valence-corrected chi connectivity index (χ4v) is 5.40. The van der Waals surface area contributed by atoms with Crippen molar-refractivity contribution in [3.63, 3.8) is 0 Å². The predicted molar refractivity (Wildman–Crippen MR) is 120 cm³/mol. The monoisotopic (exact) mass is 470 g/mol. The van der Waals surface area contributed by atoms with Crippen molar-refractivity contribution in [3.8, 4) is 16.9 Å². The van der Waals surface area contributed by atoms with Crippen LogP contribution in [0.15, 0.2) is 48.8 Å². The zero-order chi connectivity index (χ0) is 22.4. The van der Waals surface area contributed by atoms with Gasteiger partial charge in [0.15, 0.2) is 5.69 Å². The normalized spacial score (nSPS) is 23.9. The zero-order valence-electron chi connectivity index (χ0n) is 16.9. The molecule has 164 valence electrons. The number of aromatic nitrogens is 3. The molecule has 9 heteroatoms. The molecule has 3 aromatic rings. The third-order valence-electron chi connectivity index (χ3n) is 6.55. The second-order valence-corrected chi connectivity index (χ2v) is 9.18. The van der Waals surface area contributed by atoms with Gasteiger partial charge in [0.25, 0.3) is 5.91 Å². The fraction of sp³-hybridized carbons (Fsp3) is 0.304. The number of carboxylic acids is 1. The number of fused-ring (bicyclic) bond motifs is 2. The Bertz CT molecular complexity index is 1200. The first-order valence-electron chi connectivity index (χ1n) is 10.4. The maximum absolute atomic E-state index is 13.2. The number of benzene rings is 1. The van der Waals surface area contributed by atoms with Gasteiger partial charge in [0, 0.05) is 24.0 Å². The standard InChI is InChI=1S/C23H20Cl2N4O3/c24-16-6-5-15(9-17(16)25)29-19(14-2-1-7-26-11-14)10-18(28-29)22(30)27-21-13-4-3-12(8-13)20(21)23(31)32/h1-2,5-7,9-13,20-21H,3-4,8H2,(H,27,30)(H,31,32)/t12?,13?,20-,21+/m0/s1. The number of carboxylic acid groups (broad SMARTS) is 1. The van der Waals surface area contributed by atoms with Crippen LogP contribution in [-0.2, 0) is 4.79 Å². The molecular weight excluding hydrogens is 451 g/mol. The molecule has 2 saturated carbocycles. The van der Waals surface area contributed by atoms with Gasteiger partial charge in [-0.3, -0.25) is 14.6 Å². The van der Waals surface area contributed by atoms with Crippen LogP contribution in [-0.4, -0.2) is 37.8 Å². The molecule has 0 aliphatic heterocycles. The Morgan fingerprint density at radius 1 is 1.09 bits per heavy atom. The van der Waals surface area contributed by atoms with E-state index in [1.807, 2.05) is 6.07 Å². The van der Waals surface area contributed by atoms with Gasteiger partial charge in [-0.2, -0.15) is 5.10 Å². The van der Waals surface area contributed by atoms with E-state index < -0.39 is 17.8 Å². The third kappa shape index (κ3) is 3.65. The molecule has 2 unspecified atom stereocenters. The second-order valence-electron chi connectivity index (χ2n) is 8.36. The van der Waals surface area contributed by atoms with Crippen molar-refractivity contribution >= 4 is 35.1 Å². The summed E-state index contributed by atoms with van der Waals surface area (Å²) in [6, 6.07) is 10.1. The Labute approximate surface area is 194 Å². The summed E-state index contributed by atoms with van der Waals surface area (Å²) in [6.45, 7) is 0. The molecule has 0 radical (unpaired) electrons. The Balaban J connectivity index is 1.50. The molecule has 2 aromatic heterocycles. The second kappa shape index (κ2) is 8.22. The average molecular weight is 471 g/mol. The van der Waals surface area contributed by atoms with E-state index in [4.69, 9.17) is 23.2 Å². The van der Waals surface area contributed by atoms with Crippen LogP contribution >= 0.6 is 23.2 Å². The summed E-state index contributed by atoms with van der Waals surface area (Å²) in [6.07, 6.45) is 6.05. The molecule has 5 rings (SSSR count). The number of rotatable bonds is 5. The van der Waals surface area contributed by atoms with Gasteiger partial charge in [-0.05, 0) is 67.5 Å². The van der Waals surface area contributed by atoms with Crippen molar-refractivity contribution in [2.45, 2.75) is 25.3 Å². The van der Waals surface area contributed by atoms with Crippen LogP contribution in [0.2, 0.25) is 10.0 Å². The number of carbonyl (C=O) groups is 2. The Kier molecular flexibility index (Phi) is 5.39. The smallest absolute Gasteiger partial charge is 0.308 e. The summed E-state index contributed by atoms with van der Waals surface area (Å²) >= 11 is 12.3. The lowest BCUT2D eigenvalue weighted by Crippen LogP contribution is -2.46. The highest BCUT2D eigenvalue weighted by molar-refractivity contribution is 6.42. The van der Waals surface area contributed by atoms with Crippen molar-refractivity contribution in [2.75, 3.05) is 0 Å². The van der Waals surface area contributed by atoms with Crippen molar-refractivity contribution < 1.29 is 14.7 Å². The topological polar surface area (TPSA) is 97.1 Å². The zero-order valence-corrected chi connectivity index (χ0v) is 18.4. The van der Waals surface area contributed by atoms with Gasteiger partial charge >= 0.3 is 5.97 Å². The minimum Gasteiger partial charge on any atom is -0.481 e. The molecule has 2 N–H and O–H groups in total. The van der Waals surface area contributed by atoms with Crippen LogP contribution in [0.4, 0.5) is 0 Å². The number of hydrogen-bond acceptors (Lipinski definition) is 4. The summed E-state index contributed by atoms with van der Waals surface area (Å²) in [4.78, 5) is 29.1. The predicted octanol–water partition coefficient (Wildman–Crippen LogP) is 4.47. The van der Waals surface area contributed by atoms with Crippen LogP contribution in [0.3, 0.4) is 0 Å². The van der Waals surface area contributed by atoms with Crippen molar-refractivity contribution in [2.24, 2.45) is 17.8 Å². The quantitative estimate of drug-likeness (QED) is 0.573. The Morgan fingerprint density at radius 2 is 1.91 bits per heavy atom. The molecule has 1 amide bonds. The number of aliphatic carboxylic acids is 1. The first-order chi connectivity index (χ1) is 15.4. The van der Waals surface area contributed by atoms with Gasteiger partial charge in [-0.25, -0.2) is 4.68 Å². The highest BCUT2D eigenvalue weighted by Crippen LogP contribution is 2.48. The van der Waals surface area contributed by atoms with Crippen LogP contribution in [0, 0.1) is 17.8 Å². The summed E-state index contributed by atoms with van der Waals surface area (Å²) < 4.78 is 1.61. The van der Waals surface area contributed by atoms with Gasteiger partial charge in [-0.15, -0.1) is 0 Å². The molecule has 32 heavy (non-hydrogen) atoms. The summed E-state index contributed by atoms with van der Waals surface area (Å²) in [7, 11) is 0. The number of pyridine rings is 1. The lowest BCUT2D eigenvalue weighted by Gasteiger charge is -2.28. The molecule has 4 atom stereocenters. The maximum Gasteiger partial charge on any atom is 0.308 e. The Hall–Kier alpha value is -2.90. The molecule has 2 heterocycles. The number of carbonyl (C=O) groups excluding carboxylic acids is 1. The number of halogens is 2. The van der Waals surface area contributed by atoms with E-state index in [2.05, 4.69) is 15.4 Å². The van der Waals surface area contributed by atoms with Gasteiger partial charge in [0.05, 0.1) is 27.3 Å². The molecule has 2 fully saturated rings. The van der Waals surface area contributed by atoms with Crippen molar-refractivity contribution in [1.29, 1.82) is 0 Å². The minimum absolute atomic E-state index is 0.127. The number of nitrogens with one attached hydrogen (secondary N) is 1. The van der Waals surface area contributed by atoms with E-state index in [1.54, 1.807) is 47.4 Å². The fourth-order valence-electron chi connectivity index (χ4n) is 5.11. The molecule has 0 spiro atoms. The molecule has 0 saturated heterocycles. The highest BCUT2D eigenvalue weighted by atomic mass is 35.5. The number of hydrogen-bond donors (Lipinski definition) is 2. The summed E-state index contributed by atoms with van der Waals surface area (Å²) in [5.41, 5.74) is 2.26. The molecule has 7 nitrogen and oxygen atoms in total. The molecule has 1 aromatic carbocycles. The van der Waals surface area contributed by atoms with E-state index >= 15 is 0 Å². The van der Waals surface area contributed by atoms with Gasteiger partial charge in [0.2, 0.25) is 0 Å². The Morgan fingerprint density at radius 3 is 2.62 bits per heavy atom. The molecular formula is C23H20Cl2N4O3. The van der Waals surface area contributed by atoms with E-state index in [0.29, 0.717) is 21.4 Å². The SMILES string of the molecule is O=C(N[C@@H]1C2CCC(C2)[C@@H]1C(=O)O)c1cc(-c2cccnc2)n(-c2ccc(Cl)c(Cl)c2)n1. The van der Waals surface area contributed by atoms with E-state index in [0.717, 1.165) is 24.8 Å². The van der Waals surface area contributed by atoms with E-state index in [9.17, 15) is 14.7 Å². The first-order valence-corrected chi connectivity index (χ1v) is 11.2. The largest absolute Gasteiger partial charge is 0.481 e. The van der Waals surface area contributed by atoms with Crippen LogP contribution in [0.5, 0.6) is 0 Å². The average Bonchev–Trinajstić information content (AvgIpc) is 3.51. The minimum atomic E-state index is -0.847. The number of amides is 1. The first kappa shape index (κ1) is 21.0. The van der Waals surface area contributed by atoms with Crippen molar-refractivity contribution in [3.05, 3.63) is 64.5 Å². The van der Waals surface area contributed by atoms with Crippen LogP contribution < -0.4 is 5.32 Å². The van der Waals surface area contributed by atoms with Crippen LogP contribution in [0.1, 0.15) is 29.8 Å². The van der Waals surface area contributed by atoms with Crippen LogP contribution in [0.25, 0.3) is 16.9 Å². The van der Waals surface area contributed by atoms with E-state index in [-0.39, 0.29) is 23.6 Å². The molecule has 2 bridgehead atoms. The summed E-state index contributed by atoms with van der Waals surface area (Å²) in [5.74, 6) is -1.46. The van der Waals surface area contributed by atoms with Gasteiger partial charge in [-0.1, -0.05) is 23.2 Å². The molecule has 2 aliphatic carbocycles. The highest BCUT2D eigenvalue weighted by Gasteiger charge is 2.51. The lowest BCUT2D eigenvalue weighted by molar-refractivity contribution is -0.144. The summed E-state index contributed by atoms with van der Waals surface area (Å²) in [5, 5.41) is 18.0. The number of nitrogens with zero attached hydrogens (tertiary/aromatic N) is 3. The molecule has 2 aliphatic rings. The van der Waals surface area contributed by atoms with E-state index in [1.165, 1.54) is 0 Å². The maximum atomic E-state index is 13.2. The lowest BCUT2D eigenvalue weighted by atomic mass is 9.84. The van der Waals surface area contributed by atoms with Gasteiger partial charge in [0.1, 0.15) is 0 Å². The van der Waals surface area contributed by atoms with Crippen molar-refractivity contribution in [1.82, 2.24) is 20.1 Å².